The fourth-order valence-electron chi connectivity index (χ4n) is 0.805. The molecule has 0 atom stereocenters. The number of carbonyl (C=O) groups excluding carboxylic acids is 2. The lowest BCUT2D eigenvalue weighted by Crippen LogP contribution is -2.49. The van der Waals surface area contributed by atoms with Crippen LogP contribution >= 0.6 is 0 Å². The van der Waals surface area contributed by atoms with Crippen LogP contribution in [-0.2, 0) is 19.4 Å². The number of hydrogen-bond donors (Lipinski definition) is 0. The smallest absolute Gasteiger partial charge is 0.288 e. The van der Waals surface area contributed by atoms with Crippen LogP contribution in [-0.4, -0.2) is 43.8 Å². The van der Waals surface area contributed by atoms with Gasteiger partial charge in [0.2, 0.25) is 0 Å². The predicted molar refractivity (Wildman–Crippen MR) is 40.8 cm³/mol. The van der Waals surface area contributed by atoms with Crippen LogP contribution in [0.5, 0.6) is 0 Å². The number of ketones is 2. The van der Waals surface area contributed by atoms with E-state index >= 15 is 0 Å². The highest BCUT2D eigenvalue weighted by molar-refractivity contribution is 7.92. The molecule has 0 fully saturated rings. The molecule has 0 spiro atoms. The third-order valence-electron chi connectivity index (χ3n) is 1.46. The first-order valence-electron chi connectivity index (χ1n) is 3.60. The zero-order valence-electron chi connectivity index (χ0n) is 7.89. The minimum absolute atomic E-state index is 0.0645. The first kappa shape index (κ1) is 15.9. The van der Waals surface area contributed by atoms with Crippen molar-refractivity contribution in [3.05, 3.63) is 0 Å². The molecule has 0 aliphatic rings. The maximum absolute atomic E-state index is 11.8. The molecule has 0 N–H and O–H groups in total. The molecule has 0 rings (SSSR count). The van der Waals surface area contributed by atoms with E-state index in [1.807, 2.05) is 0 Å². The summed E-state index contributed by atoms with van der Waals surface area (Å²) in [5.41, 5.74) is 0. The Bertz CT molecular complexity index is 404. The Hall–Kier alpha value is -1.13. The Morgan fingerprint density at radius 2 is 1.12 bits per heavy atom. The van der Waals surface area contributed by atoms with Gasteiger partial charge in [0.1, 0.15) is 0 Å². The molecule has 0 amide bonds. The van der Waals surface area contributed by atoms with Crippen LogP contribution in [0.15, 0.2) is 0 Å². The topological polar surface area (TPSA) is 68.3 Å². The van der Waals surface area contributed by atoms with Crippen molar-refractivity contribution in [3.8, 4) is 0 Å². The second-order valence-corrected chi connectivity index (χ2v) is 5.06. The normalized spacial score (nSPS) is 13.9. The lowest BCUT2D eigenvalue weighted by atomic mass is 10.2. The van der Waals surface area contributed by atoms with Gasteiger partial charge in [0, 0.05) is 6.26 Å². The first-order chi connectivity index (χ1) is 7.19. The number of alkyl halides is 6. The molecule has 0 aromatic rings. The van der Waals surface area contributed by atoms with E-state index in [-0.39, 0.29) is 6.26 Å². The second-order valence-electron chi connectivity index (χ2n) is 2.93. The SMILES string of the molecule is CS(=O)(=O)C(C(=O)C(F)(F)F)C(=O)C(F)(F)F. The van der Waals surface area contributed by atoms with Crippen molar-refractivity contribution in [2.75, 3.05) is 6.26 Å². The Labute approximate surface area is 90.5 Å². The van der Waals surface area contributed by atoms with Gasteiger partial charge in [-0.15, -0.1) is 0 Å². The van der Waals surface area contributed by atoms with Crippen LogP contribution in [0.1, 0.15) is 0 Å². The molecule has 0 aliphatic heterocycles. The number of carbonyl (C=O) groups is 2. The van der Waals surface area contributed by atoms with Gasteiger partial charge in [0.15, 0.2) is 15.1 Å². The molecule has 0 radical (unpaired) electrons. The van der Waals surface area contributed by atoms with Crippen LogP contribution in [0, 0.1) is 0 Å². The number of halogens is 6. The standard InChI is InChI=1S/C6H4F6O4S/c1-17(15,16)2(3(13)5(7,8)9)4(14)6(10,11)12/h2H,1H3. The van der Waals surface area contributed by atoms with Gasteiger partial charge in [-0.3, -0.25) is 9.59 Å². The van der Waals surface area contributed by atoms with E-state index in [2.05, 4.69) is 0 Å². The number of hydrogen-bond acceptors (Lipinski definition) is 4. The van der Waals surface area contributed by atoms with Gasteiger partial charge in [0.05, 0.1) is 0 Å². The van der Waals surface area contributed by atoms with Crippen molar-refractivity contribution in [2.24, 2.45) is 0 Å². The zero-order chi connectivity index (χ0) is 14.2. The maximum atomic E-state index is 11.8. The average Bonchev–Trinajstić information content (AvgIpc) is 1.97. The quantitative estimate of drug-likeness (QED) is 0.564. The summed E-state index contributed by atoms with van der Waals surface area (Å²) in [5, 5.41) is -3.80. The van der Waals surface area contributed by atoms with E-state index in [1.54, 1.807) is 0 Å². The molecule has 11 heteroatoms. The van der Waals surface area contributed by atoms with E-state index in [1.165, 1.54) is 0 Å². The summed E-state index contributed by atoms with van der Waals surface area (Å²) >= 11 is 0. The van der Waals surface area contributed by atoms with Crippen molar-refractivity contribution in [3.63, 3.8) is 0 Å². The average molecular weight is 286 g/mol. The second kappa shape index (κ2) is 4.27. The monoisotopic (exact) mass is 286 g/mol. The maximum Gasteiger partial charge on any atom is 0.451 e. The van der Waals surface area contributed by atoms with Gasteiger partial charge < -0.3 is 0 Å². The predicted octanol–water partition coefficient (Wildman–Crippen LogP) is 0.662. The van der Waals surface area contributed by atoms with Crippen LogP contribution < -0.4 is 0 Å². The lowest BCUT2D eigenvalue weighted by Gasteiger charge is -2.15. The minimum atomic E-state index is -5.85. The van der Waals surface area contributed by atoms with Crippen LogP contribution in [0.2, 0.25) is 0 Å². The summed E-state index contributed by atoms with van der Waals surface area (Å²) in [6.45, 7) is 0. The van der Waals surface area contributed by atoms with E-state index in [9.17, 15) is 44.3 Å². The molecule has 4 nitrogen and oxygen atoms in total. The molecule has 0 saturated carbocycles. The molecule has 0 aliphatic carbocycles. The van der Waals surface area contributed by atoms with Gasteiger partial charge in [-0.25, -0.2) is 8.42 Å². The molecular weight excluding hydrogens is 282 g/mol. The zero-order valence-corrected chi connectivity index (χ0v) is 8.70. The van der Waals surface area contributed by atoms with Crippen LogP contribution in [0.3, 0.4) is 0 Å². The van der Waals surface area contributed by atoms with E-state index in [0.717, 1.165) is 0 Å². The molecule has 0 heterocycles. The molecule has 0 aromatic carbocycles. The highest BCUT2D eigenvalue weighted by Crippen LogP contribution is 2.27. The molecule has 0 bridgehead atoms. The number of rotatable bonds is 3. The molecule has 0 unspecified atom stereocenters. The Balaban J connectivity index is 5.67. The lowest BCUT2D eigenvalue weighted by molar-refractivity contribution is -0.181. The van der Waals surface area contributed by atoms with Crippen molar-refractivity contribution in [2.45, 2.75) is 17.6 Å². The highest BCUT2D eigenvalue weighted by Gasteiger charge is 2.57. The summed E-state index contributed by atoms with van der Waals surface area (Å²) in [7, 11) is -5.17. The third-order valence-corrected chi connectivity index (χ3v) is 2.75. The first-order valence-corrected chi connectivity index (χ1v) is 5.55. The van der Waals surface area contributed by atoms with Crippen molar-refractivity contribution in [1.29, 1.82) is 0 Å². The third kappa shape index (κ3) is 3.98. The summed E-state index contributed by atoms with van der Waals surface area (Å²) in [4.78, 5) is 20.9. The van der Waals surface area contributed by atoms with Gasteiger partial charge in [0.25, 0.3) is 11.6 Å². The Morgan fingerprint density at radius 3 is 1.24 bits per heavy atom. The molecule has 100 valence electrons. The molecular formula is C6H4F6O4S. The largest absolute Gasteiger partial charge is 0.451 e. The molecule has 0 saturated heterocycles. The van der Waals surface area contributed by atoms with Crippen molar-refractivity contribution < 1.29 is 44.3 Å². The number of Topliss-reactive ketones (excluding diaryl/α,β-unsaturated/α-hetero) is 2. The summed E-state index contributed by atoms with van der Waals surface area (Å²) in [5.74, 6) is -6.52. The molecule has 0 aromatic heterocycles. The van der Waals surface area contributed by atoms with E-state index in [0.29, 0.717) is 0 Å². The summed E-state index contributed by atoms with van der Waals surface area (Å²) < 4.78 is 92.4. The fraction of sp³-hybridized carbons (Fsp3) is 0.667. The van der Waals surface area contributed by atoms with Crippen LogP contribution in [0.4, 0.5) is 26.3 Å². The Morgan fingerprint density at radius 1 is 0.882 bits per heavy atom. The van der Waals surface area contributed by atoms with Crippen molar-refractivity contribution >= 4 is 21.4 Å². The highest BCUT2D eigenvalue weighted by atomic mass is 32.2. The minimum Gasteiger partial charge on any atom is -0.288 e. The molecule has 17 heavy (non-hydrogen) atoms. The van der Waals surface area contributed by atoms with Crippen LogP contribution in [0.25, 0.3) is 0 Å². The van der Waals surface area contributed by atoms with Gasteiger partial charge in [-0.1, -0.05) is 0 Å². The van der Waals surface area contributed by atoms with Crippen molar-refractivity contribution in [1.82, 2.24) is 0 Å². The van der Waals surface area contributed by atoms with Gasteiger partial charge in [-0.05, 0) is 0 Å². The summed E-state index contributed by atoms with van der Waals surface area (Å²) in [6.07, 6.45) is -11.8. The fourth-order valence-corrected chi connectivity index (χ4v) is 1.85. The van der Waals surface area contributed by atoms with Gasteiger partial charge in [-0.2, -0.15) is 26.3 Å². The Kier molecular flexibility index (Phi) is 3.99. The van der Waals surface area contributed by atoms with Gasteiger partial charge >= 0.3 is 12.4 Å². The summed E-state index contributed by atoms with van der Waals surface area (Å²) in [6, 6.07) is 0. The number of sulfone groups is 1. The van der Waals surface area contributed by atoms with E-state index < -0.39 is 39.0 Å². The van der Waals surface area contributed by atoms with E-state index in [4.69, 9.17) is 0 Å².